The molecule has 0 spiro atoms. The topological polar surface area (TPSA) is 41.1 Å². The highest BCUT2D eigenvalue weighted by molar-refractivity contribution is 5.78. The predicted molar refractivity (Wildman–Crippen MR) is 72.2 cm³/mol. The number of hydrogen-bond acceptors (Lipinski definition) is 2. The highest BCUT2D eigenvalue weighted by Gasteiger charge is 2.38. The van der Waals surface area contributed by atoms with Crippen molar-refractivity contribution in [3.05, 3.63) is 0 Å². The second-order valence-electron chi connectivity index (χ2n) is 6.61. The van der Waals surface area contributed by atoms with E-state index in [1.54, 1.807) is 0 Å². The van der Waals surface area contributed by atoms with Crippen LogP contribution in [0.2, 0.25) is 0 Å². The summed E-state index contributed by atoms with van der Waals surface area (Å²) in [5.41, 5.74) is 0. The summed E-state index contributed by atoms with van der Waals surface area (Å²) < 4.78 is 0. The summed E-state index contributed by atoms with van der Waals surface area (Å²) >= 11 is 0. The average Bonchev–Trinajstić information content (AvgIpc) is 3.04. The first kappa shape index (κ1) is 12.5. The molecule has 18 heavy (non-hydrogen) atoms. The summed E-state index contributed by atoms with van der Waals surface area (Å²) in [6.07, 6.45) is 10.7. The standard InChI is InChI=1S/C15H26N2O/c18-15(17-14-3-1-2-4-14)10-16-9-13-8-11-5-6-12(13)7-11/h11-14,16H,1-10H2,(H,17,18). The fourth-order valence-corrected chi connectivity index (χ4v) is 4.35. The van der Waals surface area contributed by atoms with Crippen LogP contribution in [-0.4, -0.2) is 25.0 Å². The molecule has 0 aliphatic heterocycles. The van der Waals surface area contributed by atoms with E-state index in [2.05, 4.69) is 10.6 Å². The molecule has 3 unspecified atom stereocenters. The Hall–Kier alpha value is -0.570. The molecule has 0 aromatic heterocycles. The maximum atomic E-state index is 11.8. The molecule has 0 aromatic rings. The minimum Gasteiger partial charge on any atom is -0.352 e. The van der Waals surface area contributed by atoms with Crippen LogP contribution in [0.5, 0.6) is 0 Å². The van der Waals surface area contributed by atoms with E-state index in [0.29, 0.717) is 12.6 Å². The van der Waals surface area contributed by atoms with Crippen molar-refractivity contribution in [3.8, 4) is 0 Å². The van der Waals surface area contributed by atoms with Gasteiger partial charge in [-0.25, -0.2) is 0 Å². The van der Waals surface area contributed by atoms with Gasteiger partial charge in [-0.15, -0.1) is 0 Å². The molecule has 3 saturated carbocycles. The smallest absolute Gasteiger partial charge is 0.234 e. The zero-order valence-corrected chi connectivity index (χ0v) is 11.3. The summed E-state index contributed by atoms with van der Waals surface area (Å²) in [6, 6.07) is 0.460. The van der Waals surface area contributed by atoms with E-state index in [-0.39, 0.29) is 5.91 Å². The Morgan fingerprint density at radius 2 is 1.89 bits per heavy atom. The Bertz CT molecular complexity index is 299. The molecule has 3 aliphatic rings. The van der Waals surface area contributed by atoms with Gasteiger partial charge in [-0.3, -0.25) is 4.79 Å². The van der Waals surface area contributed by atoms with E-state index in [1.165, 1.54) is 51.4 Å². The number of nitrogens with one attached hydrogen (secondary N) is 2. The minimum atomic E-state index is 0.199. The van der Waals surface area contributed by atoms with Crippen LogP contribution in [0.25, 0.3) is 0 Å². The van der Waals surface area contributed by atoms with Crippen LogP contribution in [0.15, 0.2) is 0 Å². The third kappa shape index (κ3) is 2.87. The van der Waals surface area contributed by atoms with Gasteiger partial charge in [-0.2, -0.15) is 0 Å². The lowest BCUT2D eigenvalue weighted by Gasteiger charge is -2.22. The van der Waals surface area contributed by atoms with Crippen LogP contribution in [0.3, 0.4) is 0 Å². The number of hydrogen-bond donors (Lipinski definition) is 2. The molecule has 2 bridgehead atoms. The molecule has 0 heterocycles. The van der Waals surface area contributed by atoms with Crippen LogP contribution in [0.4, 0.5) is 0 Å². The molecular formula is C15H26N2O. The van der Waals surface area contributed by atoms with Crippen molar-refractivity contribution in [1.82, 2.24) is 10.6 Å². The van der Waals surface area contributed by atoms with Crippen LogP contribution in [0, 0.1) is 17.8 Å². The van der Waals surface area contributed by atoms with Crippen molar-refractivity contribution in [2.75, 3.05) is 13.1 Å². The van der Waals surface area contributed by atoms with Gasteiger partial charge < -0.3 is 10.6 Å². The highest BCUT2D eigenvalue weighted by atomic mass is 16.1. The summed E-state index contributed by atoms with van der Waals surface area (Å²) in [4.78, 5) is 11.8. The number of carbonyl (C=O) groups is 1. The molecule has 3 nitrogen and oxygen atoms in total. The maximum Gasteiger partial charge on any atom is 0.234 e. The van der Waals surface area contributed by atoms with Gasteiger partial charge in [-0.05, 0) is 56.4 Å². The Morgan fingerprint density at radius 1 is 1.06 bits per heavy atom. The molecule has 0 saturated heterocycles. The molecule has 3 rings (SSSR count). The quantitative estimate of drug-likeness (QED) is 0.784. The molecule has 3 atom stereocenters. The van der Waals surface area contributed by atoms with E-state index in [1.807, 2.05) is 0 Å². The minimum absolute atomic E-state index is 0.199. The SMILES string of the molecule is O=C(CNCC1CC2CCC1C2)NC1CCCC1. The van der Waals surface area contributed by atoms with Crippen LogP contribution >= 0.6 is 0 Å². The van der Waals surface area contributed by atoms with Crippen molar-refractivity contribution in [2.45, 2.75) is 57.4 Å². The molecule has 3 aliphatic carbocycles. The van der Waals surface area contributed by atoms with Gasteiger partial charge in [0.2, 0.25) is 5.91 Å². The van der Waals surface area contributed by atoms with Crippen LogP contribution in [0.1, 0.15) is 51.4 Å². The normalized spacial score (nSPS) is 35.2. The fraction of sp³-hybridized carbons (Fsp3) is 0.933. The van der Waals surface area contributed by atoms with Gasteiger partial charge >= 0.3 is 0 Å². The van der Waals surface area contributed by atoms with Gasteiger partial charge in [0.15, 0.2) is 0 Å². The van der Waals surface area contributed by atoms with Crippen molar-refractivity contribution in [2.24, 2.45) is 17.8 Å². The first-order chi connectivity index (χ1) is 8.81. The van der Waals surface area contributed by atoms with Crippen LogP contribution in [-0.2, 0) is 4.79 Å². The molecule has 2 N–H and O–H groups in total. The molecule has 0 aromatic carbocycles. The van der Waals surface area contributed by atoms with Gasteiger partial charge in [0.05, 0.1) is 6.54 Å². The number of amides is 1. The Balaban J connectivity index is 1.31. The van der Waals surface area contributed by atoms with E-state index in [0.717, 1.165) is 24.3 Å². The highest BCUT2D eigenvalue weighted by Crippen LogP contribution is 2.47. The van der Waals surface area contributed by atoms with Gasteiger partial charge in [0.1, 0.15) is 0 Å². The molecule has 3 fully saturated rings. The van der Waals surface area contributed by atoms with Crippen molar-refractivity contribution >= 4 is 5.91 Å². The summed E-state index contributed by atoms with van der Waals surface area (Å²) in [6.45, 7) is 1.57. The predicted octanol–water partition coefficient (Wildman–Crippen LogP) is 2.07. The number of carbonyl (C=O) groups excluding carboxylic acids is 1. The molecule has 1 amide bonds. The average molecular weight is 250 g/mol. The second-order valence-corrected chi connectivity index (χ2v) is 6.61. The Morgan fingerprint density at radius 3 is 2.56 bits per heavy atom. The molecular weight excluding hydrogens is 224 g/mol. The zero-order valence-electron chi connectivity index (χ0n) is 11.3. The van der Waals surface area contributed by atoms with Gasteiger partial charge in [-0.1, -0.05) is 19.3 Å². The van der Waals surface area contributed by atoms with E-state index in [9.17, 15) is 4.79 Å². The molecule has 3 heteroatoms. The zero-order chi connectivity index (χ0) is 12.4. The Kier molecular flexibility index (Phi) is 3.88. The second kappa shape index (κ2) is 5.60. The van der Waals surface area contributed by atoms with Crippen molar-refractivity contribution < 1.29 is 4.79 Å². The van der Waals surface area contributed by atoms with Crippen LogP contribution < -0.4 is 10.6 Å². The third-order valence-corrected chi connectivity index (χ3v) is 5.30. The summed E-state index contributed by atoms with van der Waals surface area (Å²) in [5, 5.41) is 6.51. The van der Waals surface area contributed by atoms with Gasteiger partial charge in [0.25, 0.3) is 0 Å². The first-order valence-corrected chi connectivity index (χ1v) is 7.81. The largest absolute Gasteiger partial charge is 0.352 e. The molecule has 102 valence electrons. The number of rotatable bonds is 5. The summed E-state index contributed by atoms with van der Waals surface area (Å²) in [5.74, 6) is 3.02. The number of fused-ring (bicyclic) bond motifs is 2. The van der Waals surface area contributed by atoms with Crippen molar-refractivity contribution in [1.29, 1.82) is 0 Å². The van der Waals surface area contributed by atoms with Gasteiger partial charge in [0, 0.05) is 6.04 Å². The van der Waals surface area contributed by atoms with E-state index < -0.39 is 0 Å². The fourth-order valence-electron chi connectivity index (χ4n) is 4.35. The lowest BCUT2D eigenvalue weighted by molar-refractivity contribution is -0.120. The molecule has 0 radical (unpaired) electrons. The maximum absolute atomic E-state index is 11.8. The lowest BCUT2D eigenvalue weighted by atomic mass is 9.89. The summed E-state index contributed by atoms with van der Waals surface area (Å²) in [7, 11) is 0. The van der Waals surface area contributed by atoms with Crippen molar-refractivity contribution in [3.63, 3.8) is 0 Å². The third-order valence-electron chi connectivity index (χ3n) is 5.30. The van der Waals surface area contributed by atoms with E-state index >= 15 is 0 Å². The first-order valence-electron chi connectivity index (χ1n) is 7.81. The van der Waals surface area contributed by atoms with E-state index in [4.69, 9.17) is 0 Å². The lowest BCUT2D eigenvalue weighted by Crippen LogP contribution is -2.40. The monoisotopic (exact) mass is 250 g/mol. The Labute approximate surface area is 110 Å².